The van der Waals surface area contributed by atoms with E-state index < -0.39 is 0 Å². The van der Waals surface area contributed by atoms with Crippen LogP contribution in [-0.2, 0) is 17.7 Å². The lowest BCUT2D eigenvalue weighted by Crippen LogP contribution is -2.33. The molecule has 1 atom stereocenters. The van der Waals surface area contributed by atoms with Crippen LogP contribution in [0.3, 0.4) is 0 Å². The quantitative estimate of drug-likeness (QED) is 0.794. The molecule has 0 spiro atoms. The summed E-state index contributed by atoms with van der Waals surface area (Å²) in [5.41, 5.74) is 2.43. The van der Waals surface area contributed by atoms with Crippen LogP contribution in [0.2, 0.25) is 0 Å². The molecule has 4 heteroatoms. The predicted molar refractivity (Wildman–Crippen MR) is 85.3 cm³/mol. The highest BCUT2D eigenvalue weighted by atomic mass is 16.5. The average molecular weight is 279 g/mol. The van der Waals surface area contributed by atoms with Gasteiger partial charge in [0.1, 0.15) is 5.82 Å². The van der Waals surface area contributed by atoms with Crippen molar-refractivity contribution < 1.29 is 4.74 Å². The standard InChI is InChI=1S/C16H29N3O/c1-7-15-8-14(10-17-12(2)3)9-16(18-15)19(5)13(4)11-20-6/h8-9,12-13,17H,7,10-11H2,1-6H3. The van der Waals surface area contributed by atoms with E-state index in [1.54, 1.807) is 7.11 Å². The van der Waals surface area contributed by atoms with Crippen molar-refractivity contribution >= 4 is 5.82 Å². The number of rotatable bonds is 8. The van der Waals surface area contributed by atoms with Crippen LogP contribution in [0.15, 0.2) is 12.1 Å². The van der Waals surface area contributed by atoms with Crippen molar-refractivity contribution in [2.45, 2.75) is 52.7 Å². The molecule has 1 unspecified atom stereocenters. The monoisotopic (exact) mass is 279 g/mol. The molecule has 0 radical (unpaired) electrons. The SMILES string of the molecule is CCc1cc(CNC(C)C)cc(N(C)C(C)COC)n1. The number of nitrogens with zero attached hydrogens (tertiary/aromatic N) is 2. The van der Waals surface area contributed by atoms with E-state index in [-0.39, 0.29) is 0 Å². The number of aromatic nitrogens is 1. The number of aryl methyl sites for hydroxylation is 1. The van der Waals surface area contributed by atoms with Crippen molar-refractivity contribution in [3.63, 3.8) is 0 Å². The molecule has 1 heterocycles. The van der Waals surface area contributed by atoms with Gasteiger partial charge in [-0.1, -0.05) is 20.8 Å². The second kappa shape index (κ2) is 8.22. The van der Waals surface area contributed by atoms with Crippen LogP contribution >= 0.6 is 0 Å². The van der Waals surface area contributed by atoms with E-state index in [4.69, 9.17) is 9.72 Å². The largest absolute Gasteiger partial charge is 0.383 e. The fraction of sp³-hybridized carbons (Fsp3) is 0.688. The molecule has 0 aromatic carbocycles. The highest BCUT2D eigenvalue weighted by Gasteiger charge is 2.12. The number of hydrogen-bond acceptors (Lipinski definition) is 4. The molecule has 0 aliphatic carbocycles. The van der Waals surface area contributed by atoms with Crippen LogP contribution < -0.4 is 10.2 Å². The summed E-state index contributed by atoms with van der Waals surface area (Å²) in [7, 11) is 3.81. The molecular weight excluding hydrogens is 250 g/mol. The van der Waals surface area contributed by atoms with Gasteiger partial charge in [-0.3, -0.25) is 0 Å². The van der Waals surface area contributed by atoms with Gasteiger partial charge in [0.25, 0.3) is 0 Å². The Morgan fingerprint density at radius 1 is 1.30 bits per heavy atom. The van der Waals surface area contributed by atoms with Crippen molar-refractivity contribution in [1.29, 1.82) is 0 Å². The summed E-state index contributed by atoms with van der Waals surface area (Å²) >= 11 is 0. The molecule has 0 saturated heterocycles. The number of methoxy groups -OCH3 is 1. The maximum absolute atomic E-state index is 5.23. The van der Waals surface area contributed by atoms with E-state index >= 15 is 0 Å². The minimum Gasteiger partial charge on any atom is -0.383 e. The highest BCUT2D eigenvalue weighted by Crippen LogP contribution is 2.17. The van der Waals surface area contributed by atoms with E-state index in [9.17, 15) is 0 Å². The number of pyridine rings is 1. The van der Waals surface area contributed by atoms with Gasteiger partial charge in [0.2, 0.25) is 0 Å². The fourth-order valence-corrected chi connectivity index (χ4v) is 2.00. The predicted octanol–water partition coefficient (Wildman–Crippen LogP) is 2.61. The first-order valence-electron chi connectivity index (χ1n) is 7.42. The van der Waals surface area contributed by atoms with Gasteiger partial charge in [0.05, 0.1) is 12.6 Å². The number of hydrogen-bond donors (Lipinski definition) is 1. The van der Waals surface area contributed by atoms with Crippen molar-refractivity contribution in [3.8, 4) is 0 Å². The van der Waals surface area contributed by atoms with Crippen LogP contribution in [0.25, 0.3) is 0 Å². The van der Waals surface area contributed by atoms with Gasteiger partial charge < -0.3 is 15.0 Å². The maximum Gasteiger partial charge on any atom is 0.129 e. The average Bonchev–Trinajstić information content (AvgIpc) is 2.44. The highest BCUT2D eigenvalue weighted by molar-refractivity contribution is 5.43. The van der Waals surface area contributed by atoms with Gasteiger partial charge in [0, 0.05) is 32.4 Å². The van der Waals surface area contributed by atoms with E-state index in [1.165, 1.54) is 5.56 Å². The van der Waals surface area contributed by atoms with Gasteiger partial charge >= 0.3 is 0 Å². The second-order valence-corrected chi connectivity index (χ2v) is 5.63. The third-order valence-electron chi connectivity index (χ3n) is 3.43. The summed E-state index contributed by atoms with van der Waals surface area (Å²) in [6, 6.07) is 5.15. The van der Waals surface area contributed by atoms with Gasteiger partial charge in [-0.2, -0.15) is 0 Å². The molecule has 0 bridgehead atoms. The Morgan fingerprint density at radius 3 is 2.55 bits per heavy atom. The van der Waals surface area contributed by atoms with Crippen LogP contribution in [0.4, 0.5) is 5.82 Å². The Balaban J connectivity index is 2.91. The topological polar surface area (TPSA) is 37.4 Å². The molecule has 1 N–H and O–H groups in total. The molecule has 0 fully saturated rings. The van der Waals surface area contributed by atoms with E-state index in [0.29, 0.717) is 18.7 Å². The second-order valence-electron chi connectivity index (χ2n) is 5.63. The van der Waals surface area contributed by atoms with Crippen molar-refractivity contribution in [1.82, 2.24) is 10.3 Å². The van der Waals surface area contributed by atoms with Gasteiger partial charge in [-0.15, -0.1) is 0 Å². The summed E-state index contributed by atoms with van der Waals surface area (Å²) in [4.78, 5) is 6.91. The van der Waals surface area contributed by atoms with Crippen LogP contribution in [-0.4, -0.2) is 37.8 Å². The van der Waals surface area contributed by atoms with Crippen LogP contribution in [0, 0.1) is 0 Å². The number of likely N-dealkylation sites (N-methyl/N-ethyl adjacent to an activating group) is 1. The third kappa shape index (κ3) is 5.10. The first-order chi connectivity index (χ1) is 9.47. The summed E-state index contributed by atoms with van der Waals surface area (Å²) < 4.78 is 5.23. The lowest BCUT2D eigenvalue weighted by atomic mass is 10.1. The molecule has 0 amide bonds. The van der Waals surface area contributed by atoms with Gasteiger partial charge in [0.15, 0.2) is 0 Å². The molecule has 1 rings (SSSR count). The van der Waals surface area contributed by atoms with Gasteiger partial charge in [-0.25, -0.2) is 4.98 Å². The molecule has 20 heavy (non-hydrogen) atoms. The summed E-state index contributed by atoms with van der Waals surface area (Å²) in [5, 5.41) is 3.46. The Bertz CT molecular complexity index is 407. The number of anilines is 1. The van der Waals surface area contributed by atoms with Gasteiger partial charge in [-0.05, 0) is 31.0 Å². The van der Waals surface area contributed by atoms with E-state index in [1.807, 2.05) is 0 Å². The summed E-state index contributed by atoms with van der Waals surface area (Å²) in [6.45, 7) is 10.2. The lowest BCUT2D eigenvalue weighted by Gasteiger charge is -2.26. The Kier molecular flexibility index (Phi) is 6.96. The first kappa shape index (κ1) is 16.9. The molecule has 4 nitrogen and oxygen atoms in total. The van der Waals surface area contributed by atoms with E-state index in [2.05, 4.69) is 57.1 Å². The minimum absolute atomic E-state index is 0.311. The van der Waals surface area contributed by atoms with Crippen LogP contribution in [0.1, 0.15) is 39.0 Å². The van der Waals surface area contributed by atoms with Crippen molar-refractivity contribution in [2.75, 3.05) is 25.7 Å². The summed E-state index contributed by atoms with van der Waals surface area (Å²) in [5.74, 6) is 1.02. The van der Waals surface area contributed by atoms with E-state index in [0.717, 1.165) is 24.5 Å². The first-order valence-corrected chi connectivity index (χ1v) is 7.42. The lowest BCUT2D eigenvalue weighted by molar-refractivity contribution is 0.183. The molecule has 1 aromatic rings. The number of nitrogens with one attached hydrogen (secondary N) is 1. The molecule has 1 aromatic heterocycles. The molecule has 114 valence electrons. The Labute approximate surface area is 123 Å². The molecular formula is C16H29N3O. The summed E-state index contributed by atoms with van der Waals surface area (Å²) in [6.07, 6.45) is 0.953. The minimum atomic E-state index is 0.311. The fourth-order valence-electron chi connectivity index (χ4n) is 2.00. The Morgan fingerprint density at radius 2 is 2.00 bits per heavy atom. The Hall–Kier alpha value is -1.13. The maximum atomic E-state index is 5.23. The molecule has 0 aliphatic rings. The molecule has 0 aliphatic heterocycles. The van der Waals surface area contributed by atoms with Crippen molar-refractivity contribution in [2.24, 2.45) is 0 Å². The van der Waals surface area contributed by atoms with Crippen LogP contribution in [0.5, 0.6) is 0 Å². The zero-order chi connectivity index (χ0) is 15.1. The molecule has 0 saturated carbocycles. The zero-order valence-corrected chi connectivity index (χ0v) is 13.7. The smallest absolute Gasteiger partial charge is 0.129 e. The third-order valence-corrected chi connectivity index (χ3v) is 3.43. The zero-order valence-electron chi connectivity index (χ0n) is 13.7. The van der Waals surface area contributed by atoms with Crippen molar-refractivity contribution in [3.05, 3.63) is 23.4 Å². The number of ether oxygens (including phenoxy) is 1. The normalized spacial score (nSPS) is 12.8.